The summed E-state index contributed by atoms with van der Waals surface area (Å²) < 4.78 is 0. The molecule has 0 saturated heterocycles. The van der Waals surface area contributed by atoms with Crippen LogP contribution >= 0.6 is 11.3 Å². The third kappa shape index (κ3) is 3.16. The van der Waals surface area contributed by atoms with Crippen LogP contribution in [0, 0.1) is 6.92 Å². The Morgan fingerprint density at radius 3 is 2.56 bits per heavy atom. The quantitative estimate of drug-likeness (QED) is 0.733. The van der Waals surface area contributed by atoms with Gasteiger partial charge in [-0.15, -0.1) is 11.3 Å². The van der Waals surface area contributed by atoms with Crippen molar-refractivity contribution in [3.63, 3.8) is 0 Å². The highest BCUT2D eigenvalue weighted by molar-refractivity contribution is 7.12. The van der Waals surface area contributed by atoms with E-state index >= 15 is 0 Å². The Hall–Kier alpha value is -1.69. The second kappa shape index (κ2) is 5.41. The number of carbonyl (C=O) groups is 3. The van der Waals surface area contributed by atoms with Crippen LogP contribution in [0.4, 0.5) is 0 Å². The minimum Gasteiger partial charge on any atom is -0.353 e. The van der Waals surface area contributed by atoms with Crippen LogP contribution in [-0.2, 0) is 9.59 Å². The highest BCUT2D eigenvalue weighted by Crippen LogP contribution is 2.12. The van der Waals surface area contributed by atoms with E-state index < -0.39 is 11.7 Å². The first kappa shape index (κ1) is 12.4. The van der Waals surface area contributed by atoms with E-state index in [-0.39, 0.29) is 12.5 Å². The summed E-state index contributed by atoms with van der Waals surface area (Å²) in [4.78, 5) is 34.0. The van der Waals surface area contributed by atoms with E-state index in [1.54, 1.807) is 6.07 Å². The maximum absolute atomic E-state index is 11.5. The predicted octanol–water partition coefficient (Wildman–Crippen LogP) is 0.101. The van der Waals surface area contributed by atoms with Crippen LogP contribution in [-0.4, -0.2) is 31.2 Å². The molecule has 0 unspecified atom stereocenters. The van der Waals surface area contributed by atoms with E-state index in [1.165, 1.54) is 18.4 Å². The second-order valence-electron chi connectivity index (χ2n) is 3.17. The molecule has 1 aromatic heterocycles. The van der Waals surface area contributed by atoms with Crippen LogP contribution in [0.1, 0.15) is 15.2 Å². The molecule has 1 rings (SSSR count). The van der Waals surface area contributed by atoms with Gasteiger partial charge < -0.3 is 10.6 Å². The number of nitrogens with one attached hydrogen (secondary N) is 2. The molecule has 0 saturated carbocycles. The third-order valence-electron chi connectivity index (χ3n) is 1.84. The highest BCUT2D eigenvalue weighted by Gasteiger charge is 2.14. The van der Waals surface area contributed by atoms with Crippen molar-refractivity contribution in [1.82, 2.24) is 10.6 Å². The lowest BCUT2D eigenvalue weighted by molar-refractivity contribution is -0.136. The Morgan fingerprint density at radius 2 is 2.06 bits per heavy atom. The molecule has 2 N–H and O–H groups in total. The molecule has 0 fully saturated rings. The average Bonchev–Trinajstić information content (AvgIpc) is 2.71. The fraction of sp³-hybridized carbons (Fsp3) is 0.300. The summed E-state index contributed by atoms with van der Waals surface area (Å²) in [6.45, 7) is 1.60. The molecule has 2 amide bonds. The molecule has 0 aromatic carbocycles. The van der Waals surface area contributed by atoms with Crippen LogP contribution in [0.2, 0.25) is 0 Å². The minimum absolute atomic E-state index is 0.282. The van der Waals surface area contributed by atoms with Crippen LogP contribution in [0.3, 0.4) is 0 Å². The summed E-state index contributed by atoms with van der Waals surface area (Å²) in [6.07, 6.45) is 0. The molecule has 1 heterocycles. The summed E-state index contributed by atoms with van der Waals surface area (Å²) in [5.41, 5.74) is 0.993. The van der Waals surface area contributed by atoms with Gasteiger partial charge in [0.1, 0.15) is 0 Å². The van der Waals surface area contributed by atoms with Crippen molar-refractivity contribution in [1.29, 1.82) is 0 Å². The zero-order valence-corrected chi connectivity index (χ0v) is 9.81. The first-order valence-electron chi connectivity index (χ1n) is 4.63. The predicted molar refractivity (Wildman–Crippen MR) is 60.5 cm³/mol. The summed E-state index contributed by atoms with van der Waals surface area (Å²) in [5, 5.41) is 6.43. The van der Waals surface area contributed by atoms with Crippen molar-refractivity contribution in [3.05, 3.63) is 21.9 Å². The lowest BCUT2D eigenvalue weighted by Crippen LogP contribution is -2.37. The van der Waals surface area contributed by atoms with E-state index in [4.69, 9.17) is 0 Å². The van der Waals surface area contributed by atoms with Crippen molar-refractivity contribution in [3.8, 4) is 0 Å². The van der Waals surface area contributed by atoms with Gasteiger partial charge in [0.2, 0.25) is 5.78 Å². The second-order valence-corrected chi connectivity index (χ2v) is 4.08. The van der Waals surface area contributed by atoms with E-state index in [0.717, 1.165) is 5.56 Å². The van der Waals surface area contributed by atoms with Crippen molar-refractivity contribution in [2.75, 3.05) is 13.6 Å². The van der Waals surface area contributed by atoms with Gasteiger partial charge in [0.25, 0.3) is 11.8 Å². The highest BCUT2D eigenvalue weighted by atomic mass is 32.1. The van der Waals surface area contributed by atoms with E-state index in [2.05, 4.69) is 10.6 Å². The van der Waals surface area contributed by atoms with Gasteiger partial charge in [-0.05, 0) is 23.9 Å². The number of aryl methyl sites for hydroxylation is 1. The first-order valence-corrected chi connectivity index (χ1v) is 5.50. The van der Waals surface area contributed by atoms with Gasteiger partial charge in [-0.25, -0.2) is 0 Å². The molecule has 0 bridgehead atoms. The summed E-state index contributed by atoms with van der Waals surface area (Å²) in [7, 11) is 1.37. The lowest BCUT2D eigenvalue weighted by atomic mass is 10.3. The number of likely N-dealkylation sites (N-methyl/N-ethyl adjacent to an activating group) is 1. The number of thiophene rings is 1. The van der Waals surface area contributed by atoms with Crippen LogP contribution in [0.25, 0.3) is 0 Å². The molecule has 5 nitrogen and oxygen atoms in total. The Balaban J connectivity index is 2.48. The topological polar surface area (TPSA) is 75.3 Å². The standard InChI is InChI=1S/C10H12N2O3S/c1-6-3-8(16-5-6)10(15)12-4-7(13)9(14)11-2/h3,5H,4H2,1-2H3,(H,11,14)(H,12,15). The molecular weight excluding hydrogens is 228 g/mol. The molecule has 0 spiro atoms. The van der Waals surface area contributed by atoms with Gasteiger partial charge in [0.05, 0.1) is 11.4 Å². The van der Waals surface area contributed by atoms with Crippen molar-refractivity contribution in [2.45, 2.75) is 6.92 Å². The maximum atomic E-state index is 11.5. The molecule has 1 aromatic rings. The fourth-order valence-corrected chi connectivity index (χ4v) is 1.83. The zero-order chi connectivity index (χ0) is 12.1. The Bertz CT molecular complexity index is 425. The first-order chi connectivity index (χ1) is 7.54. The minimum atomic E-state index is -0.706. The molecule has 0 atom stereocenters. The third-order valence-corrected chi connectivity index (χ3v) is 2.89. The molecule has 0 aliphatic heterocycles. The van der Waals surface area contributed by atoms with Gasteiger partial charge in [0.15, 0.2) is 0 Å². The summed E-state index contributed by atoms with van der Waals surface area (Å²) in [5.74, 6) is -1.71. The number of rotatable bonds is 4. The lowest BCUT2D eigenvalue weighted by Gasteiger charge is -2.01. The number of amides is 2. The van der Waals surface area contributed by atoms with E-state index in [0.29, 0.717) is 4.88 Å². The van der Waals surface area contributed by atoms with Gasteiger partial charge in [-0.2, -0.15) is 0 Å². The molecule has 16 heavy (non-hydrogen) atoms. The summed E-state index contributed by atoms with van der Waals surface area (Å²) >= 11 is 1.30. The molecule has 0 aliphatic rings. The normalized spacial score (nSPS) is 9.62. The van der Waals surface area contributed by atoms with E-state index in [9.17, 15) is 14.4 Å². The molecule has 0 aliphatic carbocycles. The van der Waals surface area contributed by atoms with Crippen molar-refractivity contribution in [2.24, 2.45) is 0 Å². The molecule has 6 heteroatoms. The van der Waals surface area contributed by atoms with Gasteiger partial charge in [0, 0.05) is 7.05 Å². The Kier molecular flexibility index (Phi) is 4.19. The molecule has 0 radical (unpaired) electrons. The maximum Gasteiger partial charge on any atom is 0.289 e. The van der Waals surface area contributed by atoms with Gasteiger partial charge in [-0.1, -0.05) is 0 Å². The van der Waals surface area contributed by atoms with Crippen LogP contribution in [0.5, 0.6) is 0 Å². The van der Waals surface area contributed by atoms with E-state index in [1.807, 2.05) is 12.3 Å². The zero-order valence-electron chi connectivity index (χ0n) is 8.99. The monoisotopic (exact) mass is 240 g/mol. The summed E-state index contributed by atoms with van der Waals surface area (Å²) in [6, 6.07) is 1.73. The smallest absolute Gasteiger partial charge is 0.289 e. The number of carbonyl (C=O) groups excluding carboxylic acids is 3. The van der Waals surface area contributed by atoms with Gasteiger partial charge >= 0.3 is 0 Å². The molecular formula is C10H12N2O3S. The Morgan fingerprint density at radius 1 is 1.38 bits per heavy atom. The average molecular weight is 240 g/mol. The van der Waals surface area contributed by atoms with Crippen LogP contribution in [0.15, 0.2) is 11.4 Å². The fourth-order valence-electron chi connectivity index (χ4n) is 1.02. The number of ketones is 1. The number of Topliss-reactive ketones (excluding diaryl/α,β-unsaturated/α-hetero) is 1. The number of hydrogen-bond acceptors (Lipinski definition) is 4. The van der Waals surface area contributed by atoms with Crippen molar-refractivity contribution >= 4 is 28.9 Å². The number of hydrogen-bond donors (Lipinski definition) is 2. The van der Waals surface area contributed by atoms with Crippen LogP contribution < -0.4 is 10.6 Å². The SMILES string of the molecule is CNC(=O)C(=O)CNC(=O)c1cc(C)cs1. The Labute approximate surface area is 96.8 Å². The molecule has 86 valence electrons. The van der Waals surface area contributed by atoms with Crippen molar-refractivity contribution < 1.29 is 14.4 Å². The van der Waals surface area contributed by atoms with Gasteiger partial charge in [-0.3, -0.25) is 14.4 Å². The largest absolute Gasteiger partial charge is 0.353 e.